The van der Waals surface area contributed by atoms with E-state index in [-0.39, 0.29) is 12.5 Å². The summed E-state index contributed by atoms with van der Waals surface area (Å²) in [7, 11) is 0. The number of likely N-dealkylation sites (tertiary alicyclic amines) is 1. The number of para-hydroxylation sites is 1. The zero-order valence-corrected chi connectivity index (χ0v) is 11.2. The van der Waals surface area contributed by atoms with Gasteiger partial charge in [-0.2, -0.15) is 0 Å². The van der Waals surface area contributed by atoms with Gasteiger partial charge in [-0.15, -0.1) is 0 Å². The molecule has 1 amide bonds. The Kier molecular flexibility index (Phi) is 4.04. The Balaban J connectivity index is 1.88. The Hall–Kier alpha value is -2.04. The lowest BCUT2D eigenvalue weighted by Gasteiger charge is -2.16. The van der Waals surface area contributed by atoms with Gasteiger partial charge in [-0.25, -0.2) is 10.3 Å². The lowest BCUT2D eigenvalue weighted by molar-refractivity contribution is -0.145. The summed E-state index contributed by atoms with van der Waals surface area (Å²) in [5.41, 5.74) is 5.49. The van der Waals surface area contributed by atoms with Gasteiger partial charge in [0, 0.05) is 13.0 Å². The fourth-order valence-electron chi connectivity index (χ4n) is 2.14. The first-order valence-corrected chi connectivity index (χ1v) is 6.37. The molecule has 0 atom stereocenters. The second-order valence-electron chi connectivity index (χ2n) is 4.76. The van der Waals surface area contributed by atoms with E-state index in [2.05, 4.69) is 5.48 Å². The molecule has 1 saturated heterocycles. The predicted octanol–water partition coefficient (Wildman–Crippen LogP) is 1.80. The minimum atomic E-state index is -0.446. The molecular formula is C14H18N2O3. The van der Waals surface area contributed by atoms with Gasteiger partial charge in [-0.3, -0.25) is 4.79 Å². The molecule has 0 radical (unpaired) electrons. The minimum Gasteiger partial charge on any atom is -0.341 e. The van der Waals surface area contributed by atoms with Crippen molar-refractivity contribution < 1.29 is 14.4 Å². The van der Waals surface area contributed by atoms with Gasteiger partial charge in [0.2, 0.25) is 5.91 Å². The molecule has 0 aliphatic carbocycles. The van der Waals surface area contributed by atoms with Crippen LogP contribution in [-0.4, -0.2) is 29.9 Å². The smallest absolute Gasteiger partial charge is 0.341 e. The van der Waals surface area contributed by atoms with E-state index in [4.69, 9.17) is 4.84 Å². The summed E-state index contributed by atoms with van der Waals surface area (Å²) in [4.78, 5) is 29.6. The molecule has 1 N–H and O–H groups in total. The summed E-state index contributed by atoms with van der Waals surface area (Å²) in [6.45, 7) is 4.52. The third kappa shape index (κ3) is 3.24. The van der Waals surface area contributed by atoms with Crippen molar-refractivity contribution in [1.29, 1.82) is 0 Å². The third-order valence-corrected chi connectivity index (χ3v) is 3.24. The zero-order valence-electron chi connectivity index (χ0n) is 11.2. The summed E-state index contributed by atoms with van der Waals surface area (Å²) in [6.07, 6.45) is 1.34. The highest BCUT2D eigenvalue weighted by atomic mass is 16.7. The van der Waals surface area contributed by atoms with Crippen LogP contribution in [0.2, 0.25) is 0 Å². The van der Waals surface area contributed by atoms with Crippen molar-refractivity contribution in [3.8, 4) is 0 Å². The molecule has 0 aromatic heterocycles. The van der Waals surface area contributed by atoms with Crippen molar-refractivity contribution in [3.05, 3.63) is 29.3 Å². The molecular weight excluding hydrogens is 244 g/mol. The number of anilines is 1. The van der Waals surface area contributed by atoms with E-state index in [9.17, 15) is 9.59 Å². The molecule has 19 heavy (non-hydrogen) atoms. The number of carbonyl (C=O) groups excluding carboxylic acids is 2. The van der Waals surface area contributed by atoms with Gasteiger partial charge in [0.1, 0.15) is 6.54 Å². The summed E-state index contributed by atoms with van der Waals surface area (Å²) in [5, 5.41) is 0. The molecule has 0 spiro atoms. The molecule has 0 saturated carbocycles. The predicted molar refractivity (Wildman–Crippen MR) is 71.4 cm³/mol. The van der Waals surface area contributed by atoms with Crippen LogP contribution in [0.5, 0.6) is 0 Å². The Labute approximate surface area is 112 Å². The van der Waals surface area contributed by atoms with Crippen LogP contribution in [-0.2, 0) is 14.4 Å². The lowest BCUT2D eigenvalue weighted by atomic mass is 10.1. The van der Waals surface area contributed by atoms with Gasteiger partial charge in [-0.05, 0) is 31.4 Å². The SMILES string of the molecule is Cc1cccc(C)c1NOC(=O)CN1CCCC1=O. The average molecular weight is 262 g/mol. The van der Waals surface area contributed by atoms with Crippen molar-refractivity contribution in [2.45, 2.75) is 26.7 Å². The molecule has 1 heterocycles. The van der Waals surface area contributed by atoms with E-state index < -0.39 is 5.97 Å². The lowest BCUT2D eigenvalue weighted by Crippen LogP contribution is -2.32. The van der Waals surface area contributed by atoms with E-state index >= 15 is 0 Å². The number of hydrogen-bond donors (Lipinski definition) is 1. The number of amides is 1. The van der Waals surface area contributed by atoms with Crippen molar-refractivity contribution in [2.75, 3.05) is 18.6 Å². The Bertz CT molecular complexity index is 479. The molecule has 1 aromatic rings. The van der Waals surface area contributed by atoms with E-state index in [0.29, 0.717) is 13.0 Å². The number of hydrogen-bond acceptors (Lipinski definition) is 4. The summed E-state index contributed by atoms with van der Waals surface area (Å²) in [6, 6.07) is 5.82. The van der Waals surface area contributed by atoms with Crippen LogP contribution < -0.4 is 5.48 Å². The Morgan fingerprint density at radius 2 is 2.05 bits per heavy atom. The fraction of sp³-hybridized carbons (Fsp3) is 0.429. The van der Waals surface area contributed by atoms with Crippen molar-refractivity contribution in [2.24, 2.45) is 0 Å². The molecule has 1 aromatic carbocycles. The highest BCUT2D eigenvalue weighted by Crippen LogP contribution is 2.19. The maximum atomic E-state index is 11.7. The van der Waals surface area contributed by atoms with Gasteiger partial charge in [0.05, 0.1) is 5.69 Å². The van der Waals surface area contributed by atoms with Gasteiger partial charge < -0.3 is 9.74 Å². The number of benzene rings is 1. The third-order valence-electron chi connectivity index (χ3n) is 3.24. The second kappa shape index (κ2) is 5.73. The highest BCUT2D eigenvalue weighted by molar-refractivity contribution is 5.83. The van der Waals surface area contributed by atoms with Gasteiger partial charge in [-0.1, -0.05) is 18.2 Å². The molecule has 0 bridgehead atoms. The number of aryl methyl sites for hydroxylation is 2. The quantitative estimate of drug-likeness (QED) is 0.841. The van der Waals surface area contributed by atoms with Crippen LogP contribution in [0.4, 0.5) is 5.69 Å². The van der Waals surface area contributed by atoms with E-state index in [1.807, 2.05) is 32.0 Å². The molecule has 1 aliphatic heterocycles. The zero-order chi connectivity index (χ0) is 13.8. The maximum Gasteiger partial charge on any atom is 0.351 e. The van der Waals surface area contributed by atoms with Crippen LogP contribution >= 0.6 is 0 Å². The fourth-order valence-corrected chi connectivity index (χ4v) is 2.14. The molecule has 1 fully saturated rings. The van der Waals surface area contributed by atoms with E-state index in [1.165, 1.54) is 4.90 Å². The molecule has 1 aliphatic rings. The summed E-state index contributed by atoms with van der Waals surface area (Å²) < 4.78 is 0. The number of nitrogens with zero attached hydrogens (tertiary/aromatic N) is 1. The van der Waals surface area contributed by atoms with Crippen LogP contribution in [0, 0.1) is 13.8 Å². The highest BCUT2D eigenvalue weighted by Gasteiger charge is 2.23. The minimum absolute atomic E-state index is 0.0107. The number of rotatable bonds is 4. The van der Waals surface area contributed by atoms with Crippen LogP contribution in [0.1, 0.15) is 24.0 Å². The van der Waals surface area contributed by atoms with E-state index in [1.54, 1.807) is 0 Å². The van der Waals surface area contributed by atoms with Crippen molar-refractivity contribution in [1.82, 2.24) is 4.90 Å². The monoisotopic (exact) mass is 262 g/mol. The summed E-state index contributed by atoms with van der Waals surface area (Å²) >= 11 is 0. The molecule has 5 heteroatoms. The molecule has 0 unspecified atom stereocenters. The summed E-state index contributed by atoms with van der Waals surface area (Å²) in [5.74, 6) is -0.429. The van der Waals surface area contributed by atoms with Crippen molar-refractivity contribution in [3.63, 3.8) is 0 Å². The van der Waals surface area contributed by atoms with Gasteiger partial charge >= 0.3 is 5.97 Å². The van der Waals surface area contributed by atoms with Crippen LogP contribution in [0.25, 0.3) is 0 Å². The topological polar surface area (TPSA) is 58.6 Å². The normalized spacial score (nSPS) is 14.6. The molecule has 2 rings (SSSR count). The Morgan fingerprint density at radius 3 is 2.63 bits per heavy atom. The van der Waals surface area contributed by atoms with Gasteiger partial charge in [0.25, 0.3) is 0 Å². The average Bonchev–Trinajstić information content (AvgIpc) is 2.74. The van der Waals surface area contributed by atoms with Gasteiger partial charge in [0.15, 0.2) is 0 Å². The first kappa shape index (κ1) is 13.4. The van der Waals surface area contributed by atoms with E-state index in [0.717, 1.165) is 23.2 Å². The van der Waals surface area contributed by atoms with Crippen LogP contribution in [0.3, 0.4) is 0 Å². The maximum absolute atomic E-state index is 11.7. The van der Waals surface area contributed by atoms with Crippen LogP contribution in [0.15, 0.2) is 18.2 Å². The first-order valence-electron chi connectivity index (χ1n) is 6.37. The molecule has 102 valence electrons. The number of nitrogens with one attached hydrogen (secondary N) is 1. The standard InChI is InChI=1S/C14H18N2O3/c1-10-5-3-6-11(2)14(10)15-19-13(18)9-16-8-4-7-12(16)17/h3,5-6,15H,4,7-9H2,1-2H3. The largest absolute Gasteiger partial charge is 0.351 e. The van der Waals surface area contributed by atoms with Crippen molar-refractivity contribution >= 4 is 17.6 Å². The number of carbonyl (C=O) groups is 2. The Morgan fingerprint density at radius 1 is 1.37 bits per heavy atom. The second-order valence-corrected chi connectivity index (χ2v) is 4.76. The molecule has 5 nitrogen and oxygen atoms in total. The first-order chi connectivity index (χ1) is 9.08.